The molecule has 0 spiro atoms. The highest BCUT2D eigenvalue weighted by molar-refractivity contribution is 5.85. The van der Waals surface area contributed by atoms with Gasteiger partial charge in [-0.15, -0.1) is 0 Å². The zero-order valence-electron chi connectivity index (χ0n) is 6.40. The molecule has 0 aliphatic rings. The van der Waals surface area contributed by atoms with E-state index in [0.29, 0.717) is 0 Å². The number of nitrogens with one attached hydrogen (secondary N) is 1. The Labute approximate surface area is 68.2 Å². The number of aliphatic carboxylic acids is 2. The van der Waals surface area contributed by atoms with Crippen LogP contribution in [0.3, 0.4) is 0 Å². The van der Waals surface area contributed by atoms with E-state index in [9.17, 15) is 14.4 Å². The van der Waals surface area contributed by atoms with Crippen molar-refractivity contribution in [1.29, 1.82) is 0 Å². The SMILES string of the molecule is CC(=O)N[13C@@H]([13CH2][13C](=O)O)[13C](=O)O. The van der Waals surface area contributed by atoms with Crippen molar-refractivity contribution in [2.45, 2.75) is 19.4 Å². The number of amides is 1. The van der Waals surface area contributed by atoms with Gasteiger partial charge in [-0.25, -0.2) is 4.79 Å². The lowest BCUT2D eigenvalue weighted by Crippen LogP contribution is -2.41. The maximum atomic E-state index is 10.4. The van der Waals surface area contributed by atoms with Crippen LogP contribution in [0.2, 0.25) is 0 Å². The fourth-order valence-corrected chi connectivity index (χ4v) is 0.620. The zero-order chi connectivity index (χ0) is 9.72. The first-order valence-electron chi connectivity index (χ1n) is 3.15. The molecule has 0 unspecified atom stereocenters. The predicted octanol–water partition coefficient (Wildman–Crippen LogP) is -0.950. The summed E-state index contributed by atoms with van der Waals surface area (Å²) < 4.78 is 0. The van der Waals surface area contributed by atoms with Gasteiger partial charge in [0.2, 0.25) is 5.91 Å². The van der Waals surface area contributed by atoms with Crippen LogP contribution >= 0.6 is 0 Å². The summed E-state index contributed by atoms with van der Waals surface area (Å²) in [5.41, 5.74) is 0. The van der Waals surface area contributed by atoms with Crippen molar-refractivity contribution in [3.63, 3.8) is 0 Å². The molecule has 0 rings (SSSR count). The molecule has 0 aromatic rings. The molecule has 0 heterocycles. The largest absolute Gasteiger partial charge is 0.481 e. The van der Waals surface area contributed by atoms with Crippen LogP contribution in [0.25, 0.3) is 0 Å². The van der Waals surface area contributed by atoms with Gasteiger partial charge in [0, 0.05) is 6.92 Å². The first-order chi connectivity index (χ1) is 5.43. The summed E-state index contributed by atoms with van der Waals surface area (Å²) in [5.74, 6) is -3.19. The van der Waals surface area contributed by atoms with Crippen molar-refractivity contribution in [1.82, 2.24) is 5.32 Å². The Morgan fingerprint density at radius 2 is 1.83 bits per heavy atom. The minimum atomic E-state index is -1.35. The van der Waals surface area contributed by atoms with Crippen LogP contribution in [0.15, 0.2) is 0 Å². The molecule has 0 aromatic heterocycles. The van der Waals surface area contributed by atoms with Crippen molar-refractivity contribution >= 4 is 17.8 Å². The Morgan fingerprint density at radius 1 is 1.33 bits per heavy atom. The highest BCUT2D eigenvalue weighted by Gasteiger charge is 2.21. The van der Waals surface area contributed by atoms with Crippen LogP contribution in [-0.4, -0.2) is 34.1 Å². The topological polar surface area (TPSA) is 104 Å². The quantitative estimate of drug-likeness (QED) is 0.482. The summed E-state index contributed by atoms with van der Waals surface area (Å²) in [7, 11) is 0. The number of hydrogen-bond donors (Lipinski definition) is 3. The van der Waals surface area contributed by atoms with Crippen molar-refractivity contribution in [3.05, 3.63) is 0 Å². The lowest BCUT2D eigenvalue weighted by atomic mass is 10.7. The predicted molar refractivity (Wildman–Crippen MR) is 37.5 cm³/mol. The molecule has 6 nitrogen and oxygen atoms in total. The minimum absolute atomic E-state index is 0.566. The van der Waals surface area contributed by atoms with Crippen LogP contribution in [0, 0.1) is 0 Å². The van der Waals surface area contributed by atoms with Gasteiger partial charge in [0.15, 0.2) is 0 Å². The fourth-order valence-electron chi connectivity index (χ4n) is 0.620. The Kier molecular flexibility index (Phi) is 3.75. The first kappa shape index (κ1) is 10.4. The van der Waals surface area contributed by atoms with E-state index in [-0.39, 0.29) is 0 Å². The number of carbonyl (C=O) groups is 3. The van der Waals surface area contributed by atoms with E-state index in [1.807, 2.05) is 5.32 Å². The van der Waals surface area contributed by atoms with Crippen LogP contribution in [0.4, 0.5) is 0 Å². The van der Waals surface area contributed by atoms with Crippen molar-refractivity contribution in [2.24, 2.45) is 0 Å². The summed E-state index contributed by atoms with van der Waals surface area (Å²) in [4.78, 5) is 30.7. The molecular weight excluding hydrogens is 170 g/mol. The Bertz CT molecular complexity index is 196. The van der Waals surface area contributed by atoms with E-state index in [1.165, 1.54) is 0 Å². The van der Waals surface area contributed by atoms with Crippen molar-refractivity contribution in [2.75, 3.05) is 0 Å². The molecule has 0 fully saturated rings. The molecule has 0 saturated carbocycles. The Hall–Kier alpha value is -1.59. The van der Waals surface area contributed by atoms with E-state index < -0.39 is 30.3 Å². The molecule has 68 valence electrons. The molecule has 0 aromatic carbocycles. The second kappa shape index (κ2) is 4.32. The van der Waals surface area contributed by atoms with E-state index >= 15 is 0 Å². The van der Waals surface area contributed by atoms with E-state index in [1.54, 1.807) is 0 Å². The molecule has 0 radical (unpaired) electrons. The van der Waals surface area contributed by atoms with Gasteiger partial charge in [0.05, 0.1) is 6.42 Å². The molecule has 0 bridgehead atoms. The van der Waals surface area contributed by atoms with E-state index in [4.69, 9.17) is 10.2 Å². The zero-order valence-corrected chi connectivity index (χ0v) is 6.40. The number of carboxylic acids is 2. The molecule has 1 amide bonds. The van der Waals surface area contributed by atoms with Gasteiger partial charge >= 0.3 is 11.9 Å². The summed E-state index contributed by atoms with van der Waals surface area (Å²) in [6.45, 7) is 1.12. The summed E-state index contributed by atoms with van der Waals surface area (Å²) in [6.07, 6.45) is -0.616. The molecule has 1 atom stereocenters. The number of rotatable bonds is 4. The summed E-state index contributed by atoms with van der Waals surface area (Å²) in [5, 5.41) is 18.6. The van der Waals surface area contributed by atoms with Crippen molar-refractivity contribution < 1.29 is 24.6 Å². The van der Waals surface area contributed by atoms with E-state index in [2.05, 4.69) is 0 Å². The van der Waals surface area contributed by atoms with Gasteiger partial charge in [0.1, 0.15) is 6.04 Å². The number of carbonyl (C=O) groups excluding carboxylic acids is 1. The molecule has 0 saturated heterocycles. The van der Waals surface area contributed by atoms with Crippen LogP contribution < -0.4 is 5.32 Å². The molecule has 0 aliphatic heterocycles. The summed E-state index contributed by atoms with van der Waals surface area (Å²) in [6, 6.07) is -1.35. The smallest absolute Gasteiger partial charge is 0.326 e. The highest BCUT2D eigenvalue weighted by atomic mass is 16.5. The number of hydrogen-bond acceptors (Lipinski definition) is 3. The second-order valence-corrected chi connectivity index (χ2v) is 2.19. The average molecular weight is 179 g/mol. The molecule has 12 heavy (non-hydrogen) atoms. The van der Waals surface area contributed by atoms with Gasteiger partial charge < -0.3 is 15.5 Å². The third-order valence-electron chi connectivity index (χ3n) is 1.05. The van der Waals surface area contributed by atoms with Gasteiger partial charge in [-0.2, -0.15) is 0 Å². The van der Waals surface area contributed by atoms with Gasteiger partial charge in [-0.1, -0.05) is 0 Å². The highest BCUT2D eigenvalue weighted by Crippen LogP contribution is 1.91. The Morgan fingerprint density at radius 3 is 2.08 bits per heavy atom. The Balaban J connectivity index is 4.14. The first-order valence-corrected chi connectivity index (χ1v) is 3.15. The molecular formula is C6H9NO5. The minimum Gasteiger partial charge on any atom is -0.481 e. The maximum absolute atomic E-state index is 10.4. The summed E-state index contributed by atoms with van der Waals surface area (Å²) >= 11 is 0. The molecule has 6 heteroatoms. The van der Waals surface area contributed by atoms with Gasteiger partial charge in [-0.05, 0) is 0 Å². The lowest BCUT2D eigenvalue weighted by molar-refractivity contribution is -0.147. The van der Waals surface area contributed by atoms with Crippen LogP contribution in [0.1, 0.15) is 13.3 Å². The van der Waals surface area contributed by atoms with Crippen molar-refractivity contribution in [3.8, 4) is 0 Å². The van der Waals surface area contributed by atoms with E-state index in [0.717, 1.165) is 6.92 Å². The lowest BCUT2D eigenvalue weighted by Gasteiger charge is -2.09. The van der Waals surface area contributed by atoms with Crippen LogP contribution in [-0.2, 0) is 14.4 Å². The maximum Gasteiger partial charge on any atom is 0.326 e. The van der Waals surface area contributed by atoms with Crippen LogP contribution in [0.5, 0.6) is 0 Å². The third-order valence-corrected chi connectivity index (χ3v) is 1.05. The average Bonchev–Trinajstić information content (AvgIpc) is 1.83. The second-order valence-electron chi connectivity index (χ2n) is 2.19. The van der Waals surface area contributed by atoms with Gasteiger partial charge in [0.25, 0.3) is 0 Å². The number of carboxylic acid groups (broad SMARTS) is 2. The molecule has 0 aliphatic carbocycles. The third kappa shape index (κ3) is 4.26. The fraction of sp³-hybridized carbons (Fsp3) is 0.500. The van der Waals surface area contributed by atoms with Gasteiger partial charge in [-0.3, -0.25) is 9.59 Å². The standard InChI is InChI=1S/C6H9NO5/c1-3(8)7-4(6(11)12)2-5(9)10/h4H,2H2,1H3,(H,7,8)(H,9,10)(H,11,12)/t4-/m0/s1/i2+1,4+1,5+1,6+1. The monoisotopic (exact) mass is 179 g/mol. The normalized spacial score (nSPS) is 11.8. The molecule has 3 N–H and O–H groups in total.